The maximum absolute atomic E-state index is 12.4. The van der Waals surface area contributed by atoms with Crippen LogP contribution in [-0.4, -0.2) is 140 Å². The van der Waals surface area contributed by atoms with Gasteiger partial charge in [0, 0.05) is 19.8 Å². The van der Waals surface area contributed by atoms with Crippen molar-refractivity contribution in [2.45, 2.75) is 218 Å². The summed E-state index contributed by atoms with van der Waals surface area (Å²) >= 11 is 0. The number of hydrogen-bond acceptors (Lipinski definition) is 15. The summed E-state index contributed by atoms with van der Waals surface area (Å²) in [5, 5.41) is 66.8. The fraction of sp³-hybridized carbons (Fsp3) is 0.956. The van der Waals surface area contributed by atoms with E-state index in [4.69, 9.17) is 33.2 Å². The predicted octanol–water partition coefficient (Wildman–Crippen LogP) is 2.89. The van der Waals surface area contributed by atoms with Crippen molar-refractivity contribution in [2.24, 2.45) is 44.8 Å². The molecule has 0 aromatic rings. The van der Waals surface area contributed by atoms with E-state index in [1.54, 1.807) is 20.8 Å². The molecule has 15 heteroatoms. The van der Waals surface area contributed by atoms with E-state index in [9.17, 15) is 40.2 Å². The Morgan fingerprint density at radius 3 is 2.00 bits per heavy atom. The second kappa shape index (κ2) is 14.8. The standard InChI is InChI=1S/C45H72O15/c1-21-30(50)32(52)34(57-23(3)47)38(55-21)58-26-17-27-42(9)18-24(48)35(43(10)13-11-29(60-43)40(6,7)53)41(42,8)15-16-44(27)20-45(44)14-12-28(39(4,5)36(26)45)59-37-33(56-22(2)46)31(51)25(49)19-54-37/h21,24-38,48-53H,11-20H2,1-10H3/t21-,24-,25+,26-,27-,28-,29-,30-,31-,32+,33+,34+,35-,36-,37-,38-,41+,42-,43+,44-,45+/m0/s1. The Bertz CT molecular complexity index is 1670. The van der Waals surface area contributed by atoms with Crippen LogP contribution in [0, 0.1) is 44.8 Å². The van der Waals surface area contributed by atoms with Crippen LogP contribution in [0.15, 0.2) is 0 Å². The second-order valence-corrected chi connectivity index (χ2v) is 22.2. The van der Waals surface area contributed by atoms with Gasteiger partial charge in [0.2, 0.25) is 0 Å². The average molecular weight is 853 g/mol. The van der Waals surface area contributed by atoms with Crippen LogP contribution >= 0.6 is 0 Å². The summed E-state index contributed by atoms with van der Waals surface area (Å²) in [7, 11) is 0. The van der Waals surface area contributed by atoms with Crippen LogP contribution in [-0.2, 0) is 42.7 Å². The van der Waals surface area contributed by atoms with Crippen LogP contribution in [0.4, 0.5) is 0 Å². The van der Waals surface area contributed by atoms with Crippen molar-refractivity contribution >= 4 is 11.9 Å². The van der Waals surface area contributed by atoms with Gasteiger partial charge in [0.05, 0.1) is 48.3 Å². The van der Waals surface area contributed by atoms with E-state index < -0.39 is 102 Å². The molecule has 8 rings (SSSR count). The van der Waals surface area contributed by atoms with E-state index in [-0.39, 0.29) is 52.1 Å². The molecule has 0 radical (unpaired) electrons. The zero-order valence-corrected chi connectivity index (χ0v) is 37.2. The summed E-state index contributed by atoms with van der Waals surface area (Å²) < 4.78 is 44.0. The Morgan fingerprint density at radius 1 is 0.733 bits per heavy atom. The fourth-order valence-corrected chi connectivity index (χ4v) is 15.4. The molecule has 0 bridgehead atoms. The lowest BCUT2D eigenvalue weighted by molar-refractivity contribution is -0.336. The largest absolute Gasteiger partial charge is 0.454 e. The van der Waals surface area contributed by atoms with Gasteiger partial charge in [-0.1, -0.05) is 27.7 Å². The molecule has 5 aliphatic carbocycles. The van der Waals surface area contributed by atoms with Gasteiger partial charge < -0.3 is 63.8 Å². The zero-order valence-electron chi connectivity index (χ0n) is 37.2. The molecule has 8 fully saturated rings. The molecule has 60 heavy (non-hydrogen) atoms. The van der Waals surface area contributed by atoms with E-state index in [2.05, 4.69) is 34.6 Å². The minimum absolute atomic E-state index is 0.0800. The number of carbonyl (C=O) groups excluding carboxylic acids is 2. The molecule has 342 valence electrons. The maximum Gasteiger partial charge on any atom is 0.303 e. The lowest BCUT2D eigenvalue weighted by Crippen LogP contribution is -2.65. The van der Waals surface area contributed by atoms with Crippen molar-refractivity contribution in [2.75, 3.05) is 6.61 Å². The van der Waals surface area contributed by atoms with Gasteiger partial charge in [-0.2, -0.15) is 0 Å². The Kier molecular flexibility index (Phi) is 11.1. The highest BCUT2D eigenvalue weighted by molar-refractivity contribution is 5.66. The molecule has 3 aliphatic heterocycles. The van der Waals surface area contributed by atoms with Gasteiger partial charge in [0.25, 0.3) is 0 Å². The number of aliphatic hydroxyl groups is 6. The monoisotopic (exact) mass is 852 g/mol. The van der Waals surface area contributed by atoms with Crippen LogP contribution in [0.2, 0.25) is 0 Å². The van der Waals surface area contributed by atoms with Crippen LogP contribution in [0.25, 0.3) is 0 Å². The molecular weight excluding hydrogens is 780 g/mol. The zero-order chi connectivity index (χ0) is 43.9. The van der Waals surface area contributed by atoms with E-state index in [0.717, 1.165) is 32.1 Å². The summed E-state index contributed by atoms with van der Waals surface area (Å²) in [6, 6.07) is 0. The number of rotatable bonds is 8. The number of esters is 2. The molecule has 0 aromatic heterocycles. The third-order valence-corrected chi connectivity index (χ3v) is 18.1. The van der Waals surface area contributed by atoms with Gasteiger partial charge in [-0.15, -0.1) is 0 Å². The number of hydrogen-bond donors (Lipinski definition) is 6. The molecule has 8 aliphatic rings. The number of ether oxygens (including phenoxy) is 7. The first-order valence-electron chi connectivity index (χ1n) is 22.5. The predicted molar refractivity (Wildman–Crippen MR) is 211 cm³/mol. The molecule has 3 saturated heterocycles. The van der Waals surface area contributed by atoms with Crippen LogP contribution in [0.3, 0.4) is 0 Å². The van der Waals surface area contributed by atoms with E-state index in [1.165, 1.54) is 13.8 Å². The van der Waals surface area contributed by atoms with Crippen molar-refractivity contribution in [1.82, 2.24) is 0 Å². The fourth-order valence-electron chi connectivity index (χ4n) is 15.4. The normalized spacial score (nSPS) is 54.5. The van der Waals surface area contributed by atoms with Gasteiger partial charge in [0.1, 0.15) is 24.4 Å². The third kappa shape index (κ3) is 6.59. The molecule has 5 saturated carbocycles. The van der Waals surface area contributed by atoms with Crippen LogP contribution < -0.4 is 0 Å². The SMILES string of the molecule is CC(=O)O[C@H]1[C@H](O[C@H]2C[C@@H]3[C@]4(CC[C@]5(C)[C@@H]([C@@]6(C)CC[C@@H](C(C)(C)O)O6)[C@@H](O)C[C@@]35C)C[C@@]43CC[C@H](O[C@@H]4OC[C@@H](O)[C@H](O)[C@H]4OC(C)=O)C(C)(C)[C@H]23)O[C@@H](C)[C@H](O)[C@H]1O. The Balaban J connectivity index is 1.16. The first kappa shape index (κ1) is 45.1. The molecule has 0 aromatic carbocycles. The Morgan fingerprint density at radius 2 is 1.38 bits per heavy atom. The lowest BCUT2D eigenvalue weighted by atomic mass is 9.41. The van der Waals surface area contributed by atoms with E-state index in [0.29, 0.717) is 25.7 Å². The average Bonchev–Trinajstić information content (AvgIpc) is 3.50. The highest BCUT2D eigenvalue weighted by Crippen LogP contribution is 2.89. The summed E-state index contributed by atoms with van der Waals surface area (Å²) in [6.07, 6.45) is -6.28. The van der Waals surface area contributed by atoms with E-state index >= 15 is 0 Å². The molecule has 0 unspecified atom stereocenters. The van der Waals surface area contributed by atoms with Gasteiger partial charge in [-0.25, -0.2) is 0 Å². The molecule has 6 N–H and O–H groups in total. The summed E-state index contributed by atoms with van der Waals surface area (Å²) in [5.41, 5.74) is -3.25. The van der Waals surface area contributed by atoms with Crippen molar-refractivity contribution in [3.8, 4) is 0 Å². The van der Waals surface area contributed by atoms with Gasteiger partial charge in [0.15, 0.2) is 24.8 Å². The van der Waals surface area contributed by atoms with Gasteiger partial charge in [-0.05, 0) is 124 Å². The topological polar surface area (TPSA) is 220 Å². The maximum atomic E-state index is 12.4. The lowest BCUT2D eigenvalue weighted by Gasteiger charge is -2.65. The molecule has 15 nitrogen and oxygen atoms in total. The molecule has 3 heterocycles. The number of fused-ring (bicyclic) bond motifs is 2. The summed E-state index contributed by atoms with van der Waals surface area (Å²) in [4.78, 5) is 24.6. The van der Waals surface area contributed by atoms with Crippen molar-refractivity contribution < 1.29 is 73.4 Å². The molecular formula is C45H72O15. The number of carbonyl (C=O) groups is 2. The molecule has 2 spiro atoms. The van der Waals surface area contributed by atoms with E-state index in [1.807, 2.05) is 0 Å². The molecule has 0 amide bonds. The van der Waals surface area contributed by atoms with Crippen molar-refractivity contribution in [1.29, 1.82) is 0 Å². The Labute approximate surface area is 354 Å². The summed E-state index contributed by atoms with van der Waals surface area (Å²) in [6.45, 7) is 18.6. The minimum atomic E-state index is -1.46. The minimum Gasteiger partial charge on any atom is -0.454 e. The number of aliphatic hydroxyl groups excluding tert-OH is 5. The van der Waals surface area contributed by atoms with Gasteiger partial charge >= 0.3 is 11.9 Å². The highest BCUT2D eigenvalue weighted by atomic mass is 16.7. The summed E-state index contributed by atoms with van der Waals surface area (Å²) in [5.74, 6) is -1.52. The first-order chi connectivity index (χ1) is 27.8. The smallest absolute Gasteiger partial charge is 0.303 e. The van der Waals surface area contributed by atoms with Crippen LogP contribution in [0.1, 0.15) is 127 Å². The highest BCUT2D eigenvalue weighted by Gasteiger charge is 2.85. The van der Waals surface area contributed by atoms with Crippen molar-refractivity contribution in [3.63, 3.8) is 0 Å². The van der Waals surface area contributed by atoms with Crippen molar-refractivity contribution in [3.05, 3.63) is 0 Å². The third-order valence-electron chi connectivity index (χ3n) is 18.1. The Hall–Kier alpha value is -1.50. The van der Waals surface area contributed by atoms with Crippen LogP contribution in [0.5, 0.6) is 0 Å². The quantitative estimate of drug-likeness (QED) is 0.153. The van der Waals surface area contributed by atoms with Gasteiger partial charge in [-0.3, -0.25) is 9.59 Å². The second-order valence-electron chi connectivity index (χ2n) is 22.2. The molecule has 21 atom stereocenters. The first-order valence-corrected chi connectivity index (χ1v) is 22.5.